The van der Waals surface area contributed by atoms with Crippen molar-refractivity contribution in [3.8, 4) is 0 Å². The van der Waals surface area contributed by atoms with Gasteiger partial charge in [0.15, 0.2) is 5.78 Å². The number of nitrogens with one attached hydrogen (secondary N) is 2. The van der Waals surface area contributed by atoms with E-state index in [1.165, 1.54) is 5.56 Å². The monoisotopic (exact) mass is 460 g/mol. The molecule has 176 valence electrons. The molecule has 9 nitrogen and oxygen atoms in total. The molecule has 0 amide bonds. The smallest absolute Gasteiger partial charge is 0.233 e. The number of carbonyl (C=O) groups is 1. The molecule has 0 bridgehead atoms. The second kappa shape index (κ2) is 11.4. The summed E-state index contributed by atoms with van der Waals surface area (Å²) in [6.45, 7) is 4.93. The van der Waals surface area contributed by atoms with E-state index in [2.05, 4.69) is 25.6 Å². The Morgan fingerprint density at radius 2 is 1.74 bits per heavy atom. The molecule has 1 aliphatic heterocycles. The second-order valence-corrected chi connectivity index (χ2v) is 7.84. The minimum absolute atomic E-state index is 0.0326. The van der Waals surface area contributed by atoms with Crippen molar-refractivity contribution in [3.05, 3.63) is 71.3 Å². The molecule has 0 radical (unpaired) electrons. The predicted molar refractivity (Wildman–Crippen MR) is 133 cm³/mol. The first-order chi connectivity index (χ1) is 16.6. The number of aromatic nitrogens is 3. The molecule has 34 heavy (non-hydrogen) atoms. The van der Waals surface area contributed by atoms with Gasteiger partial charge in [0, 0.05) is 30.9 Å². The molecule has 1 fully saturated rings. The van der Waals surface area contributed by atoms with Crippen molar-refractivity contribution in [3.63, 3.8) is 0 Å². The van der Waals surface area contributed by atoms with Gasteiger partial charge in [-0.3, -0.25) is 4.79 Å². The van der Waals surface area contributed by atoms with Crippen LogP contribution in [0.4, 0.5) is 23.5 Å². The molecule has 0 saturated carbocycles. The molecule has 1 aromatic heterocycles. The molecule has 4 rings (SSSR count). The number of ether oxygens (including phenoxy) is 1. The van der Waals surface area contributed by atoms with Gasteiger partial charge >= 0.3 is 0 Å². The van der Waals surface area contributed by atoms with Crippen LogP contribution in [-0.2, 0) is 4.74 Å². The number of morpholine rings is 1. The van der Waals surface area contributed by atoms with Crippen molar-refractivity contribution in [2.45, 2.75) is 6.92 Å². The van der Waals surface area contributed by atoms with E-state index in [-0.39, 0.29) is 12.4 Å². The molecular formula is C25H28N6O3. The lowest BCUT2D eigenvalue weighted by molar-refractivity contribution is 0.104. The van der Waals surface area contributed by atoms with E-state index in [0.29, 0.717) is 56.3 Å². The van der Waals surface area contributed by atoms with Gasteiger partial charge in [0.25, 0.3) is 0 Å². The molecule has 1 aliphatic rings. The van der Waals surface area contributed by atoms with Crippen LogP contribution < -0.4 is 15.5 Å². The van der Waals surface area contributed by atoms with Crippen molar-refractivity contribution in [2.24, 2.45) is 0 Å². The van der Waals surface area contributed by atoms with E-state index in [9.17, 15) is 4.79 Å². The topological polar surface area (TPSA) is 112 Å². The van der Waals surface area contributed by atoms with Gasteiger partial charge in [-0.2, -0.15) is 15.0 Å². The van der Waals surface area contributed by atoms with Gasteiger partial charge in [-0.05, 0) is 42.8 Å². The Balaban J connectivity index is 1.46. The first kappa shape index (κ1) is 23.3. The lowest BCUT2D eigenvalue weighted by Gasteiger charge is -2.27. The number of anilines is 4. The van der Waals surface area contributed by atoms with Gasteiger partial charge < -0.3 is 25.4 Å². The molecule has 3 N–H and O–H groups in total. The van der Waals surface area contributed by atoms with Gasteiger partial charge in [0.2, 0.25) is 17.8 Å². The summed E-state index contributed by atoms with van der Waals surface area (Å²) in [5.74, 6) is 1.21. The highest BCUT2D eigenvalue weighted by Gasteiger charge is 2.17. The minimum Gasteiger partial charge on any atom is -0.395 e. The molecule has 1 saturated heterocycles. The summed E-state index contributed by atoms with van der Waals surface area (Å²) in [5.41, 5.74) is 3.49. The van der Waals surface area contributed by atoms with Crippen LogP contribution in [0, 0.1) is 6.92 Å². The summed E-state index contributed by atoms with van der Waals surface area (Å²) in [6.07, 6.45) is 3.39. The number of carbonyl (C=O) groups excluding carboxylic acids is 1. The number of benzene rings is 2. The number of aliphatic hydroxyl groups excluding tert-OH is 1. The fourth-order valence-electron chi connectivity index (χ4n) is 3.36. The molecule has 0 aliphatic carbocycles. The number of allylic oxidation sites excluding steroid dienone is 1. The lowest BCUT2D eigenvalue weighted by atomic mass is 10.1. The van der Waals surface area contributed by atoms with Crippen LogP contribution in [0.5, 0.6) is 0 Å². The number of aliphatic hydroxyl groups is 1. The van der Waals surface area contributed by atoms with Crippen LogP contribution >= 0.6 is 0 Å². The zero-order valence-electron chi connectivity index (χ0n) is 19.1. The molecule has 0 unspecified atom stereocenters. The summed E-state index contributed by atoms with van der Waals surface area (Å²) in [7, 11) is 0. The number of hydrogen-bond acceptors (Lipinski definition) is 9. The third kappa shape index (κ3) is 6.37. The van der Waals surface area contributed by atoms with E-state index in [4.69, 9.17) is 9.84 Å². The third-order valence-corrected chi connectivity index (χ3v) is 5.24. The first-order valence-corrected chi connectivity index (χ1v) is 11.2. The highest BCUT2D eigenvalue weighted by atomic mass is 16.5. The summed E-state index contributed by atoms with van der Waals surface area (Å²) >= 11 is 0. The average Bonchev–Trinajstić information content (AvgIpc) is 2.88. The number of nitrogens with zero attached hydrogens (tertiary/aromatic N) is 4. The largest absolute Gasteiger partial charge is 0.395 e. The van der Waals surface area contributed by atoms with E-state index < -0.39 is 0 Å². The van der Waals surface area contributed by atoms with Crippen LogP contribution in [-0.4, -0.2) is 65.3 Å². The SMILES string of the molecule is Cc1ccc(/C=C/C(=O)c2ccc(Nc3nc(NCCO)nc(N4CCOCC4)n3)cc2)cc1. The third-order valence-electron chi connectivity index (χ3n) is 5.24. The molecule has 0 spiro atoms. The maximum atomic E-state index is 12.5. The maximum Gasteiger partial charge on any atom is 0.233 e. The zero-order valence-corrected chi connectivity index (χ0v) is 19.1. The predicted octanol–water partition coefficient (Wildman–Crippen LogP) is 3.06. The van der Waals surface area contributed by atoms with Gasteiger partial charge in [-0.1, -0.05) is 35.9 Å². The molecule has 9 heteroatoms. The Kier molecular flexibility index (Phi) is 7.79. The summed E-state index contributed by atoms with van der Waals surface area (Å²) in [5, 5.41) is 15.3. The van der Waals surface area contributed by atoms with E-state index in [0.717, 1.165) is 11.3 Å². The van der Waals surface area contributed by atoms with Crippen molar-refractivity contribution >= 4 is 35.4 Å². The standard InChI is InChI=1S/C25H28N6O3/c1-18-2-4-19(5-3-18)6-11-22(33)20-7-9-21(10-8-20)27-24-28-23(26-12-15-32)29-25(30-24)31-13-16-34-17-14-31/h2-11,32H,12-17H2,1H3,(H2,26,27,28,29,30)/b11-6+. The quantitative estimate of drug-likeness (QED) is 0.328. The fraction of sp³-hybridized carbons (Fsp3) is 0.280. The highest BCUT2D eigenvalue weighted by Crippen LogP contribution is 2.19. The Hall–Kier alpha value is -3.82. The van der Waals surface area contributed by atoms with Gasteiger partial charge in [-0.15, -0.1) is 0 Å². The van der Waals surface area contributed by atoms with Crippen LogP contribution in [0.2, 0.25) is 0 Å². The van der Waals surface area contributed by atoms with E-state index in [1.807, 2.05) is 54.3 Å². The molecular weight excluding hydrogens is 432 g/mol. The molecule has 3 aromatic rings. The molecule has 0 atom stereocenters. The lowest BCUT2D eigenvalue weighted by Crippen LogP contribution is -2.37. The summed E-state index contributed by atoms with van der Waals surface area (Å²) < 4.78 is 5.41. The van der Waals surface area contributed by atoms with Gasteiger partial charge in [-0.25, -0.2) is 0 Å². The minimum atomic E-state index is -0.0719. The van der Waals surface area contributed by atoms with Gasteiger partial charge in [0.1, 0.15) is 0 Å². The Labute approximate surface area is 198 Å². The maximum absolute atomic E-state index is 12.5. The summed E-state index contributed by atoms with van der Waals surface area (Å²) in [6, 6.07) is 15.1. The van der Waals surface area contributed by atoms with Gasteiger partial charge in [0.05, 0.1) is 19.8 Å². The zero-order chi connectivity index (χ0) is 23.8. The van der Waals surface area contributed by atoms with Crippen LogP contribution in [0.1, 0.15) is 21.5 Å². The van der Waals surface area contributed by atoms with E-state index >= 15 is 0 Å². The average molecular weight is 461 g/mol. The first-order valence-electron chi connectivity index (χ1n) is 11.2. The number of rotatable bonds is 9. The Morgan fingerprint density at radius 1 is 1.03 bits per heavy atom. The Morgan fingerprint density at radius 3 is 2.44 bits per heavy atom. The normalized spacial score (nSPS) is 13.8. The van der Waals surface area contributed by atoms with Crippen molar-refractivity contribution in [1.82, 2.24) is 15.0 Å². The Bertz CT molecular complexity index is 1130. The number of hydrogen-bond donors (Lipinski definition) is 3. The highest BCUT2D eigenvalue weighted by molar-refractivity contribution is 6.07. The van der Waals surface area contributed by atoms with Crippen LogP contribution in [0.15, 0.2) is 54.6 Å². The van der Waals surface area contributed by atoms with Crippen molar-refractivity contribution in [2.75, 3.05) is 55.0 Å². The van der Waals surface area contributed by atoms with Crippen molar-refractivity contribution < 1.29 is 14.6 Å². The summed E-state index contributed by atoms with van der Waals surface area (Å²) in [4.78, 5) is 28.0. The number of ketones is 1. The second-order valence-electron chi connectivity index (χ2n) is 7.84. The fourth-order valence-corrected chi connectivity index (χ4v) is 3.36. The van der Waals surface area contributed by atoms with Crippen LogP contribution in [0.3, 0.4) is 0 Å². The molecule has 2 heterocycles. The van der Waals surface area contributed by atoms with Crippen molar-refractivity contribution in [1.29, 1.82) is 0 Å². The number of aryl methyl sites for hydroxylation is 1. The molecule has 2 aromatic carbocycles. The van der Waals surface area contributed by atoms with E-state index in [1.54, 1.807) is 18.2 Å². The van der Waals surface area contributed by atoms with Crippen LogP contribution in [0.25, 0.3) is 6.08 Å².